The highest BCUT2D eigenvalue weighted by Crippen LogP contribution is 2.45. The number of anilines is 1. The summed E-state index contributed by atoms with van der Waals surface area (Å²) in [6.07, 6.45) is -3.54. The molecule has 3 rings (SSSR count). The van der Waals surface area contributed by atoms with Crippen LogP contribution in [0.3, 0.4) is 0 Å². The number of carboxylic acid groups (broad SMARTS) is 1. The highest BCUT2D eigenvalue weighted by Gasteiger charge is 2.48. The molecule has 3 N–H and O–H groups in total. The first-order valence-corrected chi connectivity index (χ1v) is 9.24. The molecule has 2 amide bonds. The van der Waals surface area contributed by atoms with Gasteiger partial charge in [0, 0.05) is 32.0 Å². The fourth-order valence-corrected chi connectivity index (χ4v) is 3.57. The molecule has 0 aromatic heterocycles. The number of rotatable bonds is 4. The van der Waals surface area contributed by atoms with Crippen LogP contribution in [0.1, 0.15) is 28.8 Å². The fourth-order valence-electron chi connectivity index (χ4n) is 3.57. The molecule has 166 valence electrons. The van der Waals surface area contributed by atoms with E-state index in [-0.39, 0.29) is 11.8 Å². The second-order valence-corrected chi connectivity index (χ2v) is 7.01. The number of carbonyl (C=O) groups excluding carboxylic acids is 2. The second kappa shape index (κ2) is 9.43. The van der Waals surface area contributed by atoms with Crippen LogP contribution in [0.4, 0.5) is 18.9 Å². The molecule has 1 fully saturated rings. The van der Waals surface area contributed by atoms with E-state index in [1.165, 1.54) is 0 Å². The van der Waals surface area contributed by atoms with Crippen LogP contribution in [0.2, 0.25) is 0 Å². The molecule has 2 aliphatic heterocycles. The molecule has 0 atom stereocenters. The number of amides is 2. The van der Waals surface area contributed by atoms with Gasteiger partial charge in [0.05, 0.1) is 12.0 Å². The number of carbonyl (C=O) groups is 3. The number of hydrogen-bond acceptors (Lipinski definition) is 5. The molecule has 30 heavy (non-hydrogen) atoms. The summed E-state index contributed by atoms with van der Waals surface area (Å²) in [4.78, 5) is 35.7. The van der Waals surface area contributed by atoms with Crippen molar-refractivity contribution in [3.05, 3.63) is 29.3 Å². The van der Waals surface area contributed by atoms with Gasteiger partial charge in [-0.3, -0.25) is 9.59 Å². The zero-order valence-corrected chi connectivity index (χ0v) is 16.6. The van der Waals surface area contributed by atoms with Gasteiger partial charge in [-0.15, -0.1) is 0 Å². The van der Waals surface area contributed by atoms with Gasteiger partial charge in [-0.1, -0.05) is 0 Å². The van der Waals surface area contributed by atoms with E-state index in [2.05, 4.69) is 15.5 Å². The molecule has 0 bridgehead atoms. The maximum absolute atomic E-state index is 12.6. The van der Waals surface area contributed by atoms with E-state index in [0.29, 0.717) is 12.2 Å². The Morgan fingerprint density at radius 2 is 1.90 bits per heavy atom. The third-order valence-electron chi connectivity index (χ3n) is 5.27. The van der Waals surface area contributed by atoms with Crippen LogP contribution < -0.4 is 10.6 Å². The van der Waals surface area contributed by atoms with E-state index in [1.807, 2.05) is 12.1 Å². The van der Waals surface area contributed by atoms with Gasteiger partial charge in [0.25, 0.3) is 5.91 Å². The second-order valence-electron chi connectivity index (χ2n) is 7.01. The van der Waals surface area contributed by atoms with E-state index in [4.69, 9.17) is 14.6 Å². The highest BCUT2D eigenvalue weighted by molar-refractivity contribution is 6.07. The highest BCUT2D eigenvalue weighted by atomic mass is 19.4. The standard InChI is InChI=1S/C17H23N3O3.C2HF3O2/c1-18-15(21)12-3-4-14-13(11-12)17(16(22)19-14)5-7-20(8-6-17)9-10-23-2;3-2(4,5)1(6)7/h3-4,11H,5-10H2,1-2H3,(H,18,21)(H,19,22);(H,6,7). The molecular weight excluding hydrogens is 407 g/mol. The third kappa shape index (κ3) is 5.08. The largest absolute Gasteiger partial charge is 0.490 e. The fraction of sp³-hybridized carbons (Fsp3) is 0.526. The van der Waals surface area contributed by atoms with E-state index in [9.17, 15) is 22.8 Å². The van der Waals surface area contributed by atoms with Crippen molar-refractivity contribution in [3.63, 3.8) is 0 Å². The molecule has 1 aromatic rings. The average Bonchev–Trinajstić information content (AvgIpc) is 2.97. The molecule has 1 aromatic carbocycles. The zero-order chi connectivity index (χ0) is 22.5. The molecule has 2 aliphatic rings. The Labute approximate surface area is 171 Å². The summed E-state index contributed by atoms with van der Waals surface area (Å²) < 4.78 is 36.9. The lowest BCUT2D eigenvalue weighted by Crippen LogP contribution is -2.47. The lowest BCUT2D eigenvalue weighted by molar-refractivity contribution is -0.192. The quantitative estimate of drug-likeness (QED) is 0.669. The number of alkyl halides is 3. The predicted molar refractivity (Wildman–Crippen MR) is 101 cm³/mol. The minimum atomic E-state index is -5.08. The van der Waals surface area contributed by atoms with Crippen molar-refractivity contribution in [2.24, 2.45) is 0 Å². The summed E-state index contributed by atoms with van der Waals surface area (Å²) in [5.74, 6) is -2.82. The van der Waals surface area contributed by atoms with Gasteiger partial charge in [-0.2, -0.15) is 13.2 Å². The first kappa shape index (κ1) is 23.6. The summed E-state index contributed by atoms with van der Waals surface area (Å²) in [5.41, 5.74) is 1.91. The first-order chi connectivity index (χ1) is 14.0. The van der Waals surface area contributed by atoms with Crippen LogP contribution in [-0.2, 0) is 19.7 Å². The molecule has 8 nitrogen and oxygen atoms in total. The summed E-state index contributed by atoms with van der Waals surface area (Å²) in [6.45, 7) is 3.32. The Hall–Kier alpha value is -2.66. The Morgan fingerprint density at radius 1 is 1.30 bits per heavy atom. The normalized spacial score (nSPS) is 17.6. The number of ether oxygens (including phenoxy) is 1. The van der Waals surface area contributed by atoms with Crippen LogP contribution in [-0.4, -0.2) is 74.4 Å². The zero-order valence-electron chi connectivity index (χ0n) is 16.6. The molecular formula is C19H24F3N3O5. The SMILES string of the molecule is CNC(=O)c1ccc2c(c1)C1(CCN(CCOC)CC1)C(=O)N2.O=C(O)C(F)(F)F. The minimum absolute atomic E-state index is 0.0629. The van der Waals surface area contributed by atoms with Crippen LogP contribution in [0.25, 0.3) is 0 Å². The number of nitrogens with zero attached hydrogens (tertiary/aromatic N) is 1. The molecule has 0 saturated carbocycles. The molecule has 0 aliphatic carbocycles. The maximum Gasteiger partial charge on any atom is 0.490 e. The van der Waals surface area contributed by atoms with Crippen molar-refractivity contribution in [1.82, 2.24) is 10.2 Å². The maximum atomic E-state index is 12.6. The van der Waals surface area contributed by atoms with Crippen LogP contribution in [0.5, 0.6) is 0 Å². The van der Waals surface area contributed by atoms with E-state index in [0.717, 1.165) is 43.7 Å². The summed E-state index contributed by atoms with van der Waals surface area (Å²) in [7, 11) is 3.31. The number of benzene rings is 1. The monoisotopic (exact) mass is 431 g/mol. The summed E-state index contributed by atoms with van der Waals surface area (Å²) in [6, 6.07) is 5.46. The Bertz CT molecular complexity index is 805. The van der Waals surface area contributed by atoms with Crippen molar-refractivity contribution in [2.45, 2.75) is 24.4 Å². The molecule has 1 saturated heterocycles. The van der Waals surface area contributed by atoms with Gasteiger partial charge in [-0.05, 0) is 49.7 Å². The topological polar surface area (TPSA) is 108 Å². The van der Waals surface area contributed by atoms with Crippen molar-refractivity contribution in [3.8, 4) is 0 Å². The van der Waals surface area contributed by atoms with Crippen LogP contribution in [0.15, 0.2) is 18.2 Å². The molecule has 0 unspecified atom stereocenters. The van der Waals surface area contributed by atoms with Gasteiger partial charge in [0.2, 0.25) is 5.91 Å². The average molecular weight is 431 g/mol. The Morgan fingerprint density at radius 3 is 2.40 bits per heavy atom. The number of likely N-dealkylation sites (tertiary alicyclic amines) is 1. The number of hydrogen-bond donors (Lipinski definition) is 3. The van der Waals surface area contributed by atoms with E-state index >= 15 is 0 Å². The van der Waals surface area contributed by atoms with E-state index in [1.54, 1.807) is 20.2 Å². The van der Waals surface area contributed by atoms with Gasteiger partial charge in [0.15, 0.2) is 0 Å². The number of aliphatic carboxylic acids is 1. The van der Waals surface area contributed by atoms with Crippen LogP contribution in [0, 0.1) is 0 Å². The predicted octanol–water partition coefficient (Wildman–Crippen LogP) is 1.61. The van der Waals surface area contributed by atoms with Crippen LogP contribution >= 0.6 is 0 Å². The number of fused-ring (bicyclic) bond motifs is 2. The summed E-state index contributed by atoms with van der Waals surface area (Å²) >= 11 is 0. The Balaban J connectivity index is 0.000000396. The first-order valence-electron chi connectivity index (χ1n) is 9.24. The van der Waals surface area contributed by atoms with Crippen molar-refractivity contribution in [1.29, 1.82) is 0 Å². The smallest absolute Gasteiger partial charge is 0.475 e. The van der Waals surface area contributed by atoms with Gasteiger partial charge in [0.1, 0.15) is 0 Å². The number of methoxy groups -OCH3 is 1. The molecule has 11 heteroatoms. The lowest BCUT2D eigenvalue weighted by atomic mass is 9.73. The summed E-state index contributed by atoms with van der Waals surface area (Å²) in [5, 5.41) is 12.8. The van der Waals surface area contributed by atoms with E-state index < -0.39 is 17.6 Å². The van der Waals surface area contributed by atoms with Gasteiger partial charge < -0.3 is 25.4 Å². The van der Waals surface area contributed by atoms with Gasteiger partial charge in [-0.25, -0.2) is 4.79 Å². The number of piperidine rings is 1. The third-order valence-corrected chi connectivity index (χ3v) is 5.27. The van der Waals surface area contributed by atoms with Crippen molar-refractivity contribution in [2.75, 3.05) is 45.7 Å². The minimum Gasteiger partial charge on any atom is -0.475 e. The van der Waals surface area contributed by atoms with Gasteiger partial charge >= 0.3 is 12.1 Å². The van der Waals surface area contributed by atoms with Crippen molar-refractivity contribution >= 4 is 23.5 Å². The number of halogens is 3. The molecule has 1 spiro atoms. The van der Waals surface area contributed by atoms with Crippen molar-refractivity contribution < 1.29 is 37.4 Å². The molecule has 0 radical (unpaired) electrons. The number of nitrogens with one attached hydrogen (secondary N) is 2. The molecule has 2 heterocycles. The Kier molecular flexibility index (Phi) is 7.43. The number of carboxylic acids is 1. The lowest BCUT2D eigenvalue weighted by Gasteiger charge is -2.38.